The number of esters is 2. The lowest BCUT2D eigenvalue weighted by Crippen LogP contribution is -2.43. The lowest BCUT2D eigenvalue weighted by molar-refractivity contribution is -0.171. The molecule has 0 aliphatic heterocycles. The van der Waals surface area contributed by atoms with Gasteiger partial charge in [-0.3, -0.25) is 9.59 Å². The van der Waals surface area contributed by atoms with Crippen molar-refractivity contribution in [1.29, 1.82) is 0 Å². The van der Waals surface area contributed by atoms with E-state index in [1.54, 1.807) is 13.8 Å². The Morgan fingerprint density at radius 3 is 1.80 bits per heavy atom. The van der Waals surface area contributed by atoms with Crippen molar-refractivity contribution in [2.75, 3.05) is 26.4 Å². The van der Waals surface area contributed by atoms with Gasteiger partial charge in [-0.05, 0) is 92.4 Å². The van der Waals surface area contributed by atoms with E-state index >= 15 is 0 Å². The van der Waals surface area contributed by atoms with Crippen molar-refractivity contribution in [2.45, 2.75) is 40.5 Å². The molecule has 3 aromatic rings. The molecular formula is C33H33BrO6. The normalized spacial score (nSPS) is 13.0. The molecule has 40 heavy (non-hydrogen) atoms. The van der Waals surface area contributed by atoms with Crippen LogP contribution >= 0.6 is 15.9 Å². The smallest absolute Gasteiger partial charge is 0.324 e. The van der Waals surface area contributed by atoms with E-state index in [9.17, 15) is 9.59 Å². The minimum absolute atomic E-state index is 0.136. The number of halogens is 1. The summed E-state index contributed by atoms with van der Waals surface area (Å²) in [6.07, 6.45) is 0.304. The molecule has 0 saturated carbocycles. The van der Waals surface area contributed by atoms with Crippen molar-refractivity contribution in [3.8, 4) is 34.5 Å². The number of fused-ring (bicyclic) bond motifs is 1. The zero-order valence-corrected chi connectivity index (χ0v) is 24.9. The van der Waals surface area contributed by atoms with Crippen LogP contribution in [0.3, 0.4) is 0 Å². The predicted molar refractivity (Wildman–Crippen MR) is 157 cm³/mol. The largest absolute Gasteiger partial charge is 0.494 e. The predicted octanol–water partition coefficient (Wildman–Crippen LogP) is 6.52. The fourth-order valence-corrected chi connectivity index (χ4v) is 5.52. The van der Waals surface area contributed by atoms with E-state index in [1.165, 1.54) is 0 Å². The third kappa shape index (κ3) is 6.03. The zero-order valence-electron chi connectivity index (χ0n) is 23.3. The van der Waals surface area contributed by atoms with Crippen molar-refractivity contribution >= 4 is 27.9 Å². The number of carbonyl (C=O) groups is 2. The van der Waals surface area contributed by atoms with Crippen molar-refractivity contribution in [3.63, 3.8) is 0 Å². The summed E-state index contributed by atoms with van der Waals surface area (Å²) in [5, 5.41) is 0. The van der Waals surface area contributed by atoms with Gasteiger partial charge in [0.15, 0.2) is 5.41 Å². The molecule has 0 bridgehead atoms. The fraction of sp³-hybridized carbons (Fsp3) is 0.333. The summed E-state index contributed by atoms with van der Waals surface area (Å²) in [6.45, 7) is 8.84. The van der Waals surface area contributed by atoms with Crippen molar-refractivity contribution in [3.05, 3.63) is 81.3 Å². The molecule has 208 valence electrons. The second kappa shape index (κ2) is 13.1. The van der Waals surface area contributed by atoms with Gasteiger partial charge in [-0.2, -0.15) is 0 Å². The first-order valence-corrected chi connectivity index (χ1v) is 14.3. The topological polar surface area (TPSA) is 71.1 Å². The van der Waals surface area contributed by atoms with Gasteiger partial charge in [-0.15, -0.1) is 0 Å². The van der Waals surface area contributed by atoms with Crippen LogP contribution in [0.4, 0.5) is 0 Å². The molecular weight excluding hydrogens is 572 g/mol. The van der Waals surface area contributed by atoms with E-state index in [-0.39, 0.29) is 26.1 Å². The maximum Gasteiger partial charge on any atom is 0.324 e. The molecule has 0 radical (unpaired) electrons. The van der Waals surface area contributed by atoms with Crippen molar-refractivity contribution in [2.24, 2.45) is 5.41 Å². The Bertz CT molecular complexity index is 1410. The fourth-order valence-electron chi connectivity index (χ4n) is 4.91. The summed E-state index contributed by atoms with van der Waals surface area (Å²) in [5.74, 6) is 7.05. The van der Waals surface area contributed by atoms with E-state index in [2.05, 4.69) is 27.8 Å². The molecule has 0 atom stereocenters. The van der Waals surface area contributed by atoms with Crippen molar-refractivity contribution in [1.82, 2.24) is 0 Å². The third-order valence-corrected chi connectivity index (χ3v) is 7.47. The van der Waals surface area contributed by atoms with Crippen LogP contribution in [0.1, 0.15) is 49.9 Å². The number of hydrogen-bond donors (Lipinski definition) is 0. The summed E-state index contributed by atoms with van der Waals surface area (Å²) in [4.78, 5) is 26.6. The monoisotopic (exact) mass is 604 g/mol. The Morgan fingerprint density at radius 2 is 1.27 bits per heavy atom. The van der Waals surface area contributed by atoms with Crippen LogP contribution in [0.25, 0.3) is 11.1 Å². The highest BCUT2D eigenvalue weighted by molar-refractivity contribution is 9.10. The van der Waals surface area contributed by atoms with E-state index in [0.717, 1.165) is 49.4 Å². The van der Waals surface area contributed by atoms with Crippen LogP contribution in [-0.2, 0) is 31.9 Å². The van der Waals surface area contributed by atoms with Gasteiger partial charge < -0.3 is 18.9 Å². The van der Waals surface area contributed by atoms with Gasteiger partial charge in [0.1, 0.15) is 11.5 Å². The van der Waals surface area contributed by atoms with Gasteiger partial charge in [0.2, 0.25) is 0 Å². The molecule has 1 aliphatic carbocycles. The maximum absolute atomic E-state index is 13.3. The van der Waals surface area contributed by atoms with Crippen LogP contribution in [0.2, 0.25) is 0 Å². The molecule has 3 aromatic carbocycles. The van der Waals surface area contributed by atoms with Gasteiger partial charge in [0.25, 0.3) is 0 Å². The second-order valence-corrected chi connectivity index (χ2v) is 10.1. The molecule has 0 heterocycles. The van der Waals surface area contributed by atoms with Gasteiger partial charge in [0, 0.05) is 28.4 Å². The first kappa shape index (κ1) is 29.2. The Labute approximate surface area is 244 Å². The Hall–Kier alpha value is -3.76. The molecule has 0 aromatic heterocycles. The minimum atomic E-state index is -1.47. The molecule has 7 heteroatoms. The highest BCUT2D eigenvalue weighted by Gasteiger charge is 2.54. The standard InChI is InChI=1S/C33H33BrO6/c1-5-37-24-14-9-22(10-15-24)11-18-26-27(23-12-16-25(17-13-23)38-6-2)19-30(34)29-21-33(20-28(26)29,31(35)39-7-3)32(36)40-8-4/h9-10,12-17,19H,5-8,20-21H2,1-4H3. The number of carbonyl (C=O) groups excluding carboxylic acids is 2. The van der Waals surface area contributed by atoms with E-state index in [0.29, 0.717) is 13.2 Å². The first-order valence-electron chi connectivity index (χ1n) is 13.5. The average molecular weight is 606 g/mol. The van der Waals surface area contributed by atoms with Crippen LogP contribution in [-0.4, -0.2) is 38.4 Å². The van der Waals surface area contributed by atoms with Crippen LogP contribution < -0.4 is 9.47 Å². The number of hydrogen-bond acceptors (Lipinski definition) is 6. The van der Waals surface area contributed by atoms with Crippen molar-refractivity contribution < 1.29 is 28.5 Å². The quantitative estimate of drug-likeness (QED) is 0.157. The van der Waals surface area contributed by atoms with E-state index in [4.69, 9.17) is 18.9 Å². The molecule has 0 spiro atoms. The van der Waals surface area contributed by atoms with Crippen LogP contribution in [0.15, 0.2) is 59.1 Å². The Kier molecular flexibility index (Phi) is 9.54. The molecule has 0 amide bonds. The molecule has 0 fully saturated rings. The van der Waals surface area contributed by atoms with Gasteiger partial charge in [-0.1, -0.05) is 39.9 Å². The number of ether oxygens (including phenoxy) is 4. The third-order valence-electron chi connectivity index (χ3n) is 6.76. The lowest BCUT2D eigenvalue weighted by atomic mass is 9.84. The molecule has 4 rings (SSSR count). The van der Waals surface area contributed by atoms with Gasteiger partial charge in [0.05, 0.1) is 26.4 Å². The molecule has 0 N–H and O–H groups in total. The molecule has 0 saturated heterocycles. The molecule has 6 nitrogen and oxygen atoms in total. The SMILES string of the molecule is CCOC(=O)C1(C(=O)OCC)Cc2c(Br)cc(-c3ccc(OCC)cc3)c(C#Cc3ccc(OCC)cc3)c2C1. The highest BCUT2D eigenvalue weighted by Crippen LogP contribution is 2.46. The lowest BCUT2D eigenvalue weighted by Gasteiger charge is -2.24. The summed E-state index contributed by atoms with van der Waals surface area (Å²) in [7, 11) is 0. The highest BCUT2D eigenvalue weighted by atomic mass is 79.9. The second-order valence-electron chi connectivity index (χ2n) is 9.28. The summed E-state index contributed by atoms with van der Waals surface area (Å²) >= 11 is 3.72. The Morgan fingerprint density at radius 1 is 0.750 bits per heavy atom. The van der Waals surface area contributed by atoms with Crippen LogP contribution in [0, 0.1) is 17.3 Å². The van der Waals surface area contributed by atoms with E-state index in [1.807, 2.05) is 68.4 Å². The number of benzene rings is 3. The van der Waals surface area contributed by atoms with Crippen LogP contribution in [0.5, 0.6) is 11.5 Å². The summed E-state index contributed by atoms with van der Waals surface area (Å²) in [5.41, 5.74) is 3.61. The summed E-state index contributed by atoms with van der Waals surface area (Å²) < 4.78 is 22.8. The molecule has 1 aliphatic rings. The minimum Gasteiger partial charge on any atom is -0.494 e. The maximum atomic E-state index is 13.3. The zero-order chi connectivity index (χ0) is 28.7. The molecule has 0 unspecified atom stereocenters. The average Bonchev–Trinajstić information content (AvgIpc) is 3.37. The Balaban J connectivity index is 1.88. The van der Waals surface area contributed by atoms with Gasteiger partial charge >= 0.3 is 11.9 Å². The van der Waals surface area contributed by atoms with Gasteiger partial charge in [-0.25, -0.2) is 0 Å². The van der Waals surface area contributed by atoms with E-state index < -0.39 is 17.4 Å². The number of rotatable bonds is 9. The first-order chi connectivity index (χ1) is 19.4. The summed E-state index contributed by atoms with van der Waals surface area (Å²) in [6, 6.07) is 17.4.